The molecule has 8 heteroatoms. The Morgan fingerprint density at radius 3 is 2.23 bits per heavy atom. The van der Waals surface area contributed by atoms with Crippen LogP contribution in [0.3, 0.4) is 0 Å². The molecule has 0 heterocycles. The first kappa shape index (κ1) is 23.4. The van der Waals surface area contributed by atoms with Crippen molar-refractivity contribution in [1.29, 1.82) is 0 Å². The summed E-state index contributed by atoms with van der Waals surface area (Å²) in [5.41, 5.74) is 2.01. The minimum absolute atomic E-state index is 0.0595. The molecule has 2 aromatic carbocycles. The molecule has 0 fully saturated rings. The summed E-state index contributed by atoms with van der Waals surface area (Å²) in [6.45, 7) is 5.83. The van der Waals surface area contributed by atoms with Crippen LogP contribution in [0.1, 0.15) is 32.8 Å². The summed E-state index contributed by atoms with van der Waals surface area (Å²) in [7, 11) is -4.01. The third-order valence-electron chi connectivity index (χ3n) is 4.52. The number of aryl methyl sites for hydroxylation is 1. The molecule has 2 amide bonds. The molecule has 0 bridgehead atoms. The maximum Gasteiger partial charge on any atom is 0.242 e. The van der Waals surface area contributed by atoms with Crippen LogP contribution in [-0.2, 0) is 25.8 Å². The number of ether oxygens (including phenoxy) is 1. The van der Waals surface area contributed by atoms with Gasteiger partial charge in [0.05, 0.1) is 12.3 Å². The Hall–Kier alpha value is -2.87. The molecule has 0 saturated heterocycles. The normalized spacial score (nSPS) is 12.1. The Morgan fingerprint density at radius 1 is 0.967 bits per heavy atom. The molecule has 1 unspecified atom stereocenters. The van der Waals surface area contributed by atoms with Crippen LogP contribution in [0.15, 0.2) is 48.5 Å². The van der Waals surface area contributed by atoms with Gasteiger partial charge in [-0.2, -0.15) is 0 Å². The molecule has 1 atom stereocenters. The summed E-state index contributed by atoms with van der Waals surface area (Å²) < 4.78 is 30.9. The van der Waals surface area contributed by atoms with Gasteiger partial charge in [-0.25, -0.2) is 8.42 Å². The number of hydrogen-bond acceptors (Lipinski definition) is 5. The molecule has 0 radical (unpaired) electrons. The highest BCUT2D eigenvalue weighted by molar-refractivity contribution is 7.93. The van der Waals surface area contributed by atoms with Crippen molar-refractivity contribution in [2.75, 3.05) is 23.0 Å². The van der Waals surface area contributed by atoms with Gasteiger partial charge in [-0.3, -0.25) is 9.59 Å². The molecule has 0 saturated carbocycles. The van der Waals surface area contributed by atoms with Gasteiger partial charge in [-0.05, 0) is 49.6 Å². The van der Waals surface area contributed by atoms with Gasteiger partial charge in [-0.15, -0.1) is 0 Å². The van der Waals surface area contributed by atoms with Crippen molar-refractivity contribution in [3.63, 3.8) is 0 Å². The fourth-order valence-corrected chi connectivity index (χ4v) is 4.50. The smallest absolute Gasteiger partial charge is 0.242 e. The van der Waals surface area contributed by atoms with E-state index >= 15 is 0 Å². The fraction of sp³-hybridized carbons (Fsp3) is 0.364. The summed E-state index contributed by atoms with van der Waals surface area (Å²) in [5.74, 6) is -1.72. The molecule has 7 nitrogen and oxygen atoms in total. The van der Waals surface area contributed by atoms with Gasteiger partial charge in [0, 0.05) is 5.69 Å². The van der Waals surface area contributed by atoms with E-state index in [2.05, 4.69) is 10.6 Å². The quantitative estimate of drug-likeness (QED) is 0.599. The predicted molar refractivity (Wildman–Crippen MR) is 119 cm³/mol. The van der Waals surface area contributed by atoms with Crippen LogP contribution >= 0.6 is 0 Å². The number of carbonyl (C=O) groups is 2. The highest BCUT2D eigenvalue weighted by Crippen LogP contribution is 2.24. The highest BCUT2D eigenvalue weighted by atomic mass is 32.2. The van der Waals surface area contributed by atoms with Crippen molar-refractivity contribution in [1.82, 2.24) is 0 Å². The lowest BCUT2D eigenvalue weighted by Gasteiger charge is -2.16. The van der Waals surface area contributed by atoms with E-state index in [0.717, 1.165) is 12.0 Å². The summed E-state index contributed by atoms with van der Waals surface area (Å²) >= 11 is 0. The number of para-hydroxylation sites is 2. The van der Waals surface area contributed by atoms with Gasteiger partial charge in [-0.1, -0.05) is 38.1 Å². The van der Waals surface area contributed by atoms with Crippen LogP contribution in [-0.4, -0.2) is 37.8 Å². The van der Waals surface area contributed by atoms with Crippen LogP contribution in [0.4, 0.5) is 11.4 Å². The number of amides is 2. The predicted octanol–water partition coefficient (Wildman–Crippen LogP) is 3.42. The molecule has 0 aliphatic rings. The van der Waals surface area contributed by atoms with Gasteiger partial charge < -0.3 is 15.4 Å². The van der Waals surface area contributed by atoms with Gasteiger partial charge in [0.25, 0.3) is 0 Å². The fourth-order valence-electron chi connectivity index (χ4n) is 2.97. The molecule has 2 rings (SSSR count). The standard InChI is InChI=1S/C22H28N2O5S/c1-4-16-11-13-17(14-12-16)23-22(26)20(5-2)30(27,28)15-21(25)24-18-9-7-8-10-19(18)29-6-3/h7-14,20H,4-6,15H2,1-3H3,(H,23,26)(H,24,25). The Balaban J connectivity index is 2.07. The van der Waals surface area contributed by atoms with E-state index in [1.165, 1.54) is 0 Å². The molecule has 2 N–H and O–H groups in total. The highest BCUT2D eigenvalue weighted by Gasteiger charge is 2.33. The van der Waals surface area contributed by atoms with Gasteiger partial charge >= 0.3 is 0 Å². The SMILES string of the molecule is CCOc1ccccc1NC(=O)CS(=O)(=O)C(CC)C(=O)Nc1ccc(CC)cc1. The lowest BCUT2D eigenvalue weighted by Crippen LogP contribution is -2.39. The van der Waals surface area contributed by atoms with Gasteiger partial charge in [0.15, 0.2) is 9.84 Å². The summed E-state index contributed by atoms with van der Waals surface area (Å²) in [5, 5.41) is 3.86. The zero-order chi connectivity index (χ0) is 22.1. The summed E-state index contributed by atoms with van der Waals surface area (Å²) in [4.78, 5) is 25.0. The first-order valence-electron chi connectivity index (χ1n) is 9.93. The maximum absolute atomic E-state index is 12.8. The van der Waals surface area contributed by atoms with Crippen LogP contribution < -0.4 is 15.4 Å². The maximum atomic E-state index is 12.8. The second kappa shape index (κ2) is 10.8. The van der Waals surface area contributed by atoms with E-state index in [1.807, 2.05) is 26.0 Å². The zero-order valence-corrected chi connectivity index (χ0v) is 18.3. The van der Waals surface area contributed by atoms with Crippen molar-refractivity contribution >= 4 is 33.0 Å². The Kier molecular flexibility index (Phi) is 8.41. The molecule has 0 aliphatic carbocycles. The minimum Gasteiger partial charge on any atom is -0.492 e. The molecule has 162 valence electrons. The van der Waals surface area contributed by atoms with Crippen molar-refractivity contribution in [2.24, 2.45) is 0 Å². The topological polar surface area (TPSA) is 102 Å². The molecule has 2 aromatic rings. The number of sulfone groups is 1. The Bertz CT molecular complexity index is 971. The van der Waals surface area contributed by atoms with Crippen LogP contribution in [0.25, 0.3) is 0 Å². The Labute approximate surface area is 177 Å². The number of nitrogens with one attached hydrogen (secondary N) is 2. The van der Waals surface area contributed by atoms with E-state index in [9.17, 15) is 18.0 Å². The Morgan fingerprint density at radius 2 is 1.63 bits per heavy atom. The number of anilines is 2. The van der Waals surface area contributed by atoms with E-state index in [4.69, 9.17) is 4.74 Å². The molecule has 0 aliphatic heterocycles. The second-order valence-electron chi connectivity index (χ2n) is 6.72. The first-order valence-corrected chi connectivity index (χ1v) is 11.6. The minimum atomic E-state index is -4.01. The number of hydrogen-bond donors (Lipinski definition) is 2. The van der Waals surface area contributed by atoms with Gasteiger partial charge in [0.2, 0.25) is 11.8 Å². The molecule has 0 aromatic heterocycles. The number of carbonyl (C=O) groups excluding carboxylic acids is 2. The largest absolute Gasteiger partial charge is 0.492 e. The first-order chi connectivity index (χ1) is 14.3. The monoisotopic (exact) mass is 432 g/mol. The second-order valence-corrected chi connectivity index (χ2v) is 8.90. The van der Waals surface area contributed by atoms with Crippen LogP contribution in [0.2, 0.25) is 0 Å². The van der Waals surface area contributed by atoms with Crippen LogP contribution in [0, 0.1) is 0 Å². The third kappa shape index (κ3) is 6.32. The van der Waals surface area contributed by atoms with Crippen molar-refractivity contribution < 1.29 is 22.7 Å². The average Bonchev–Trinajstić information content (AvgIpc) is 2.70. The van der Waals surface area contributed by atoms with E-state index in [0.29, 0.717) is 23.7 Å². The van der Waals surface area contributed by atoms with Gasteiger partial charge in [0.1, 0.15) is 16.8 Å². The lowest BCUT2D eigenvalue weighted by molar-refractivity contribution is -0.115. The molecule has 0 spiro atoms. The van der Waals surface area contributed by atoms with Crippen LogP contribution in [0.5, 0.6) is 5.75 Å². The van der Waals surface area contributed by atoms with E-state index in [-0.39, 0.29) is 6.42 Å². The van der Waals surface area contributed by atoms with Crippen molar-refractivity contribution in [3.05, 3.63) is 54.1 Å². The van der Waals surface area contributed by atoms with Crippen molar-refractivity contribution in [3.8, 4) is 5.75 Å². The summed E-state index contributed by atoms with van der Waals surface area (Å²) in [6.07, 6.45) is 0.922. The molecule has 30 heavy (non-hydrogen) atoms. The summed E-state index contributed by atoms with van der Waals surface area (Å²) in [6, 6.07) is 14.0. The van der Waals surface area contributed by atoms with E-state index < -0.39 is 32.7 Å². The molecular formula is C22H28N2O5S. The zero-order valence-electron chi connectivity index (χ0n) is 17.5. The van der Waals surface area contributed by atoms with E-state index in [1.54, 1.807) is 43.3 Å². The lowest BCUT2D eigenvalue weighted by atomic mass is 10.1. The van der Waals surface area contributed by atoms with Crippen molar-refractivity contribution in [2.45, 2.75) is 38.9 Å². The number of rotatable bonds is 10. The molecular weight excluding hydrogens is 404 g/mol. The average molecular weight is 433 g/mol. The number of benzene rings is 2. The third-order valence-corrected chi connectivity index (χ3v) is 6.60.